The zero-order valence-electron chi connectivity index (χ0n) is 13.1. The number of hydrogen-bond acceptors (Lipinski definition) is 5. The summed E-state index contributed by atoms with van der Waals surface area (Å²) in [7, 11) is 0. The fourth-order valence-corrected chi connectivity index (χ4v) is 2.42. The first-order chi connectivity index (χ1) is 10.9. The van der Waals surface area contributed by atoms with E-state index in [1.165, 1.54) is 0 Å². The van der Waals surface area contributed by atoms with Gasteiger partial charge in [0.2, 0.25) is 0 Å². The molecule has 0 bridgehead atoms. The van der Waals surface area contributed by atoms with Crippen molar-refractivity contribution in [2.75, 3.05) is 0 Å². The number of aromatic hydroxyl groups is 1. The van der Waals surface area contributed by atoms with E-state index in [4.69, 9.17) is 5.11 Å². The van der Waals surface area contributed by atoms with E-state index in [2.05, 4.69) is 10.3 Å². The van der Waals surface area contributed by atoms with Crippen LogP contribution in [-0.2, 0) is 17.9 Å². The van der Waals surface area contributed by atoms with Gasteiger partial charge in [-0.15, -0.1) is 0 Å². The number of nitrogens with one attached hydrogen (secondary N) is 1. The minimum atomic E-state index is -0.957. The van der Waals surface area contributed by atoms with E-state index in [1.54, 1.807) is 38.3 Å². The van der Waals surface area contributed by atoms with Gasteiger partial charge >= 0.3 is 5.97 Å². The van der Waals surface area contributed by atoms with Crippen LogP contribution in [0.15, 0.2) is 41.3 Å². The Kier molecular flexibility index (Phi) is 5.18. The molecule has 1 heterocycles. The Morgan fingerprint density at radius 2 is 2.13 bits per heavy atom. The van der Waals surface area contributed by atoms with E-state index in [1.807, 2.05) is 0 Å². The number of aliphatic hydroxyl groups is 1. The van der Waals surface area contributed by atoms with Crippen LogP contribution in [0.1, 0.15) is 30.2 Å². The number of pyridine rings is 1. The van der Waals surface area contributed by atoms with Crippen molar-refractivity contribution in [3.05, 3.63) is 58.1 Å². The number of carboxylic acids is 1. The first-order valence-corrected chi connectivity index (χ1v) is 7.26. The number of allylic oxidation sites excluding steroid dienone is 3. The van der Waals surface area contributed by atoms with Gasteiger partial charge in [-0.05, 0) is 25.5 Å². The normalized spacial score (nSPS) is 14.5. The maximum absolute atomic E-state index is 11.1. The molecule has 0 radical (unpaired) electrons. The summed E-state index contributed by atoms with van der Waals surface area (Å²) in [6.45, 7) is 3.55. The zero-order valence-corrected chi connectivity index (χ0v) is 13.1. The summed E-state index contributed by atoms with van der Waals surface area (Å²) in [4.78, 5) is 15.2. The van der Waals surface area contributed by atoms with Crippen LogP contribution in [0.5, 0.6) is 5.75 Å². The monoisotopic (exact) mass is 316 g/mol. The number of nitrogens with zero attached hydrogens (tertiary/aromatic N) is 1. The van der Waals surface area contributed by atoms with Crippen LogP contribution in [0.3, 0.4) is 0 Å². The molecule has 0 amide bonds. The van der Waals surface area contributed by atoms with Crippen molar-refractivity contribution in [3.63, 3.8) is 0 Å². The average Bonchev–Trinajstić information content (AvgIpc) is 2.70. The van der Waals surface area contributed by atoms with Gasteiger partial charge in [0.1, 0.15) is 5.75 Å². The van der Waals surface area contributed by atoms with Crippen molar-refractivity contribution in [2.24, 2.45) is 0 Å². The quantitative estimate of drug-likeness (QED) is 0.662. The second-order valence-electron chi connectivity index (χ2n) is 5.39. The molecule has 0 fully saturated rings. The molecule has 0 aromatic carbocycles. The van der Waals surface area contributed by atoms with Crippen LogP contribution in [0.2, 0.25) is 0 Å². The molecule has 0 atom stereocenters. The largest absolute Gasteiger partial charge is 0.506 e. The van der Waals surface area contributed by atoms with Crippen LogP contribution in [-0.4, -0.2) is 26.3 Å². The highest BCUT2D eigenvalue weighted by molar-refractivity contribution is 5.91. The van der Waals surface area contributed by atoms with Crippen LogP contribution in [0.4, 0.5) is 0 Å². The van der Waals surface area contributed by atoms with E-state index in [-0.39, 0.29) is 17.9 Å². The smallest absolute Gasteiger partial charge is 0.335 e. The Hall–Kier alpha value is -2.60. The number of hydrogen-bond donors (Lipinski definition) is 4. The first-order valence-electron chi connectivity index (χ1n) is 7.26. The van der Waals surface area contributed by atoms with Crippen LogP contribution >= 0.6 is 0 Å². The van der Waals surface area contributed by atoms with E-state index < -0.39 is 5.97 Å². The molecule has 1 aromatic rings. The van der Waals surface area contributed by atoms with Gasteiger partial charge in [-0.3, -0.25) is 4.98 Å². The second kappa shape index (κ2) is 7.11. The maximum Gasteiger partial charge on any atom is 0.335 e. The van der Waals surface area contributed by atoms with E-state index >= 15 is 0 Å². The first kappa shape index (κ1) is 16.8. The highest BCUT2D eigenvalue weighted by Gasteiger charge is 2.13. The summed E-state index contributed by atoms with van der Waals surface area (Å²) in [5.74, 6) is -0.895. The number of carbonyl (C=O) groups is 1. The summed E-state index contributed by atoms with van der Waals surface area (Å²) in [6.07, 6.45) is 7.27. The predicted octanol–water partition coefficient (Wildman–Crippen LogP) is 1.92. The van der Waals surface area contributed by atoms with Gasteiger partial charge < -0.3 is 20.6 Å². The van der Waals surface area contributed by atoms with Gasteiger partial charge in [0.15, 0.2) is 0 Å². The summed E-state index contributed by atoms with van der Waals surface area (Å²) in [5.41, 5.74) is 3.41. The molecule has 0 saturated heterocycles. The standard InChI is InChI=1S/C17H20N2O4/c1-10-6-13(4-3-5-14(10)17(22)23)19-8-15-12(9-20)7-18-11(2)16(15)21/h3,5-7,19-21H,4,8-9H2,1-2H3,(H,22,23). The molecule has 4 N–H and O–H groups in total. The van der Waals surface area contributed by atoms with Crippen molar-refractivity contribution in [3.8, 4) is 5.75 Å². The third-order valence-electron chi connectivity index (χ3n) is 3.76. The SMILES string of the molecule is CC1=C(C(=O)O)C=CCC(NCc2c(CO)cnc(C)c2O)=C1. The zero-order chi connectivity index (χ0) is 17.0. The molecule has 0 saturated carbocycles. The molecule has 0 spiro atoms. The van der Waals surface area contributed by atoms with Crippen molar-refractivity contribution < 1.29 is 20.1 Å². The molecular weight excluding hydrogens is 296 g/mol. The molecule has 6 nitrogen and oxygen atoms in total. The van der Waals surface area contributed by atoms with Gasteiger partial charge in [-0.25, -0.2) is 4.79 Å². The minimum Gasteiger partial charge on any atom is -0.506 e. The van der Waals surface area contributed by atoms with E-state index in [9.17, 15) is 15.0 Å². The average molecular weight is 316 g/mol. The molecule has 0 aliphatic heterocycles. The van der Waals surface area contributed by atoms with Gasteiger partial charge in [0.05, 0.1) is 17.9 Å². The third-order valence-corrected chi connectivity index (χ3v) is 3.76. The Morgan fingerprint density at radius 3 is 2.78 bits per heavy atom. The summed E-state index contributed by atoms with van der Waals surface area (Å²) in [6, 6.07) is 0. The van der Waals surface area contributed by atoms with E-state index in [0.717, 1.165) is 5.70 Å². The molecular formula is C17H20N2O4. The Balaban J connectivity index is 2.22. The minimum absolute atomic E-state index is 0.0623. The fraction of sp³-hybridized carbons (Fsp3) is 0.294. The number of aliphatic carboxylic acids is 1. The molecule has 122 valence electrons. The molecule has 23 heavy (non-hydrogen) atoms. The van der Waals surface area contributed by atoms with Gasteiger partial charge in [0, 0.05) is 36.0 Å². The van der Waals surface area contributed by atoms with Crippen molar-refractivity contribution in [2.45, 2.75) is 33.4 Å². The topological polar surface area (TPSA) is 103 Å². The predicted molar refractivity (Wildman–Crippen MR) is 85.6 cm³/mol. The number of carboxylic acid groups (broad SMARTS) is 1. The van der Waals surface area contributed by atoms with Gasteiger partial charge in [0.25, 0.3) is 0 Å². The van der Waals surface area contributed by atoms with Crippen LogP contribution in [0.25, 0.3) is 0 Å². The Morgan fingerprint density at radius 1 is 1.39 bits per heavy atom. The fourth-order valence-electron chi connectivity index (χ4n) is 2.42. The summed E-state index contributed by atoms with van der Waals surface area (Å²) < 4.78 is 0. The summed E-state index contributed by atoms with van der Waals surface area (Å²) in [5, 5.41) is 31.8. The molecule has 0 unspecified atom stereocenters. The van der Waals surface area contributed by atoms with Crippen molar-refractivity contribution >= 4 is 5.97 Å². The molecule has 6 heteroatoms. The Labute approximate surface area is 134 Å². The van der Waals surface area contributed by atoms with Gasteiger partial charge in [-0.1, -0.05) is 12.2 Å². The molecule has 1 aliphatic carbocycles. The third kappa shape index (κ3) is 3.78. The second-order valence-corrected chi connectivity index (χ2v) is 5.39. The highest BCUT2D eigenvalue weighted by Crippen LogP contribution is 2.24. The molecule has 1 aromatic heterocycles. The number of rotatable bonds is 5. The maximum atomic E-state index is 11.1. The summed E-state index contributed by atoms with van der Waals surface area (Å²) >= 11 is 0. The lowest BCUT2D eigenvalue weighted by atomic mass is 10.1. The van der Waals surface area contributed by atoms with Crippen LogP contribution < -0.4 is 5.32 Å². The highest BCUT2D eigenvalue weighted by atomic mass is 16.4. The number of aryl methyl sites for hydroxylation is 1. The van der Waals surface area contributed by atoms with Crippen molar-refractivity contribution in [1.29, 1.82) is 0 Å². The number of aliphatic hydroxyl groups excluding tert-OH is 1. The lowest BCUT2D eigenvalue weighted by Crippen LogP contribution is -2.15. The van der Waals surface area contributed by atoms with E-state index in [0.29, 0.717) is 35.4 Å². The Bertz CT molecular complexity index is 718. The number of aromatic nitrogens is 1. The molecule has 2 rings (SSSR count). The van der Waals surface area contributed by atoms with Crippen LogP contribution in [0, 0.1) is 6.92 Å². The van der Waals surface area contributed by atoms with Crippen molar-refractivity contribution in [1.82, 2.24) is 10.3 Å². The van der Waals surface area contributed by atoms with Gasteiger partial charge in [-0.2, -0.15) is 0 Å². The molecule has 1 aliphatic rings. The lowest BCUT2D eigenvalue weighted by molar-refractivity contribution is -0.132. The lowest BCUT2D eigenvalue weighted by Gasteiger charge is -2.14.